The number of aromatic nitrogens is 2. The van der Waals surface area contributed by atoms with Gasteiger partial charge in [-0.1, -0.05) is 11.2 Å². The summed E-state index contributed by atoms with van der Waals surface area (Å²) in [6.45, 7) is 0. The highest BCUT2D eigenvalue weighted by Crippen LogP contribution is 2.15. The maximum absolute atomic E-state index is 10.7. The highest BCUT2D eigenvalue weighted by atomic mass is 32.2. The van der Waals surface area contributed by atoms with E-state index in [1.807, 2.05) is 0 Å². The lowest BCUT2D eigenvalue weighted by molar-refractivity contribution is -0.129. The van der Waals surface area contributed by atoms with Crippen LogP contribution in [0.15, 0.2) is 40.0 Å². The van der Waals surface area contributed by atoms with Crippen LogP contribution in [0.3, 0.4) is 0 Å². The zero-order chi connectivity index (χ0) is 18.9. The first-order chi connectivity index (χ1) is 11.8. The van der Waals surface area contributed by atoms with E-state index in [4.69, 9.17) is 9.66 Å². The van der Waals surface area contributed by atoms with Gasteiger partial charge in [0.15, 0.2) is 10.2 Å². The van der Waals surface area contributed by atoms with E-state index in [-0.39, 0.29) is 16.4 Å². The van der Waals surface area contributed by atoms with Crippen LogP contribution in [0.5, 0.6) is 0 Å². The lowest BCUT2D eigenvalue weighted by atomic mass is 10.3. The largest absolute Gasteiger partial charge is 0.476 e. The molecule has 2 heterocycles. The monoisotopic (exact) mass is 388 g/mol. The predicted molar refractivity (Wildman–Crippen MR) is 87.0 cm³/mol. The van der Waals surface area contributed by atoms with Crippen molar-refractivity contribution in [3.63, 3.8) is 0 Å². The van der Waals surface area contributed by atoms with Crippen LogP contribution in [-0.2, 0) is 24.5 Å². The predicted octanol–water partition coefficient (Wildman–Crippen LogP) is 0.475. The Labute approximate surface area is 145 Å². The zero-order valence-electron chi connectivity index (χ0n) is 12.6. The summed E-state index contributed by atoms with van der Waals surface area (Å²) in [6.07, 6.45) is 1.75. The van der Waals surface area contributed by atoms with Gasteiger partial charge in [0.25, 0.3) is 0 Å². The molecule has 0 radical (unpaired) electrons. The van der Waals surface area contributed by atoms with Gasteiger partial charge in [-0.15, -0.1) is 11.3 Å². The van der Waals surface area contributed by atoms with Gasteiger partial charge in [-0.2, -0.15) is 8.42 Å². The van der Waals surface area contributed by atoms with Gasteiger partial charge in [0.1, 0.15) is 12.8 Å². The molecule has 2 aromatic rings. The Morgan fingerprint density at radius 2 is 2.16 bits per heavy atom. The van der Waals surface area contributed by atoms with Crippen LogP contribution in [0.25, 0.3) is 0 Å². The van der Waals surface area contributed by atoms with Crippen molar-refractivity contribution in [2.75, 3.05) is 12.4 Å². The Morgan fingerprint density at radius 1 is 1.44 bits per heavy atom. The molecule has 0 aliphatic rings. The van der Waals surface area contributed by atoms with E-state index in [0.29, 0.717) is 11.5 Å². The van der Waals surface area contributed by atoms with Crippen LogP contribution in [0.2, 0.25) is 0 Å². The smallest absolute Gasteiger partial charge is 0.360 e. The van der Waals surface area contributed by atoms with Crippen molar-refractivity contribution in [2.45, 2.75) is 5.03 Å². The molecule has 13 heteroatoms. The molecule has 0 saturated heterocycles. The molecular formula is C12H12N4O7S2. The Hall–Kier alpha value is -2.90. The quantitative estimate of drug-likeness (QED) is 0.276. The molecule has 25 heavy (non-hydrogen) atoms. The summed E-state index contributed by atoms with van der Waals surface area (Å²) >= 11 is 1.09. The van der Waals surface area contributed by atoms with Crippen molar-refractivity contribution in [3.05, 3.63) is 35.5 Å². The molecule has 0 spiro atoms. The van der Waals surface area contributed by atoms with Crippen molar-refractivity contribution >= 4 is 44.7 Å². The van der Waals surface area contributed by atoms with Crippen molar-refractivity contribution < 1.29 is 32.5 Å². The normalized spacial score (nSPS) is 11.0. The summed E-state index contributed by atoms with van der Waals surface area (Å²) in [4.78, 5) is 32.4. The van der Waals surface area contributed by atoms with Crippen molar-refractivity contribution in [3.8, 4) is 0 Å². The summed E-state index contributed by atoms with van der Waals surface area (Å²) < 4.78 is 29.1. The maximum Gasteiger partial charge on any atom is 0.360 e. The molecule has 0 aromatic carbocycles. The highest BCUT2D eigenvalue weighted by molar-refractivity contribution is 7.85. The lowest BCUT2D eigenvalue weighted by Crippen LogP contribution is -2.15. The van der Waals surface area contributed by atoms with Gasteiger partial charge in [-0.25, -0.2) is 14.8 Å². The fourth-order valence-electron chi connectivity index (χ4n) is 1.29. The third-order valence-corrected chi connectivity index (χ3v) is 3.76. The van der Waals surface area contributed by atoms with Crippen LogP contribution >= 0.6 is 11.3 Å². The number of oxime groups is 1. The molecule has 3 N–H and O–H groups in total. The highest BCUT2D eigenvalue weighted by Gasteiger charge is 2.17. The minimum absolute atomic E-state index is 0.138. The summed E-state index contributed by atoms with van der Waals surface area (Å²) in [7, 11) is -2.88. The topological polar surface area (TPSA) is 168 Å². The number of rotatable bonds is 6. The molecule has 0 unspecified atom stereocenters. The van der Waals surface area contributed by atoms with E-state index in [9.17, 15) is 18.0 Å². The SMILES string of the molecule is CON=C(C(=O)O)c1csc(NC=O)n1.O=S(=O)(O)c1ccccn1. The second-order valence-electron chi connectivity index (χ2n) is 3.87. The number of hydrogen-bond acceptors (Lipinski definition) is 9. The molecule has 0 saturated carbocycles. The Kier molecular flexibility index (Phi) is 7.58. The van der Waals surface area contributed by atoms with Crippen LogP contribution in [0.4, 0.5) is 5.13 Å². The van der Waals surface area contributed by atoms with Crippen LogP contribution < -0.4 is 5.32 Å². The number of nitrogens with one attached hydrogen (secondary N) is 1. The van der Waals surface area contributed by atoms with Gasteiger partial charge in [0, 0.05) is 11.6 Å². The first-order valence-electron chi connectivity index (χ1n) is 6.18. The average molecular weight is 388 g/mol. The second-order valence-corrected chi connectivity index (χ2v) is 6.10. The molecule has 0 aliphatic heterocycles. The first kappa shape index (κ1) is 20.1. The van der Waals surface area contributed by atoms with Gasteiger partial charge < -0.3 is 15.3 Å². The third-order valence-electron chi connectivity index (χ3n) is 2.22. The fraction of sp³-hybridized carbons (Fsp3) is 0.0833. The first-order valence-corrected chi connectivity index (χ1v) is 8.50. The molecule has 2 rings (SSSR count). The number of aliphatic carboxylic acids is 1. The van der Waals surface area contributed by atoms with E-state index < -0.39 is 16.1 Å². The molecule has 0 bridgehead atoms. The van der Waals surface area contributed by atoms with Crippen molar-refractivity contribution in [1.82, 2.24) is 9.97 Å². The van der Waals surface area contributed by atoms with Gasteiger partial charge >= 0.3 is 16.1 Å². The van der Waals surface area contributed by atoms with E-state index in [1.54, 1.807) is 6.07 Å². The van der Waals surface area contributed by atoms with Crippen LogP contribution in [0.1, 0.15) is 5.69 Å². The summed E-state index contributed by atoms with van der Waals surface area (Å²) in [5, 5.41) is 15.8. The number of nitrogens with zero attached hydrogens (tertiary/aromatic N) is 3. The van der Waals surface area contributed by atoms with Crippen molar-refractivity contribution in [2.24, 2.45) is 5.16 Å². The Morgan fingerprint density at radius 3 is 2.60 bits per heavy atom. The van der Waals surface area contributed by atoms with E-state index in [2.05, 4.69) is 25.3 Å². The Balaban J connectivity index is 0.000000271. The second kappa shape index (κ2) is 9.41. The minimum atomic E-state index is -4.11. The molecule has 0 fully saturated rings. The standard InChI is InChI=1S/C7H7N3O4S.C5H5NO3S/c1-14-10-5(6(12)13)4-2-15-7(9-4)8-3-11;7-10(8,9)5-3-1-2-4-6-5/h2-3H,1H3,(H,12,13)(H,8,9,11);1-4H,(H,7,8,9). The summed E-state index contributed by atoms with van der Waals surface area (Å²) in [5.41, 5.74) is -0.175. The Bertz CT molecular complexity index is 849. The average Bonchev–Trinajstić information content (AvgIpc) is 3.01. The molecule has 0 atom stereocenters. The zero-order valence-corrected chi connectivity index (χ0v) is 14.2. The number of carbonyl (C=O) groups is 2. The molecule has 0 aliphatic carbocycles. The molecule has 134 valence electrons. The maximum atomic E-state index is 10.7. The molecule has 1 amide bonds. The fourth-order valence-corrected chi connectivity index (χ4v) is 2.38. The number of carboxylic acids is 1. The van der Waals surface area contributed by atoms with E-state index >= 15 is 0 Å². The van der Waals surface area contributed by atoms with Crippen molar-refractivity contribution in [1.29, 1.82) is 0 Å². The van der Waals surface area contributed by atoms with E-state index in [1.165, 1.54) is 30.8 Å². The van der Waals surface area contributed by atoms with E-state index in [0.717, 1.165) is 11.3 Å². The molecule has 11 nitrogen and oxygen atoms in total. The number of pyridine rings is 1. The summed E-state index contributed by atoms with van der Waals surface area (Å²) in [5.74, 6) is -1.25. The van der Waals surface area contributed by atoms with Gasteiger partial charge in [-0.3, -0.25) is 9.35 Å². The van der Waals surface area contributed by atoms with Gasteiger partial charge in [0.05, 0.1) is 0 Å². The summed E-state index contributed by atoms with van der Waals surface area (Å²) in [6, 6.07) is 4.26. The molecular weight excluding hydrogens is 376 g/mol. The number of amides is 1. The number of anilines is 1. The lowest BCUT2D eigenvalue weighted by Gasteiger charge is -1.94. The van der Waals surface area contributed by atoms with Crippen LogP contribution in [-0.4, -0.2) is 53.2 Å². The number of carbonyl (C=O) groups excluding carboxylic acids is 1. The molecule has 2 aromatic heterocycles. The van der Waals surface area contributed by atoms with Gasteiger partial charge in [-0.05, 0) is 12.1 Å². The third kappa shape index (κ3) is 6.62. The number of thiazole rings is 1. The minimum Gasteiger partial charge on any atom is -0.476 e. The number of carboxylic acid groups (broad SMARTS) is 1. The van der Waals surface area contributed by atoms with Crippen LogP contribution in [0, 0.1) is 0 Å². The number of hydrogen-bond donors (Lipinski definition) is 3. The van der Waals surface area contributed by atoms with Gasteiger partial charge in [0.2, 0.25) is 12.1 Å².